The number of ether oxygens (including phenoxy) is 1. The zero-order valence-electron chi connectivity index (χ0n) is 11.6. The van der Waals surface area contributed by atoms with Gasteiger partial charge in [0, 0.05) is 6.54 Å². The summed E-state index contributed by atoms with van der Waals surface area (Å²) in [7, 11) is 0. The van der Waals surface area contributed by atoms with E-state index in [-0.39, 0.29) is 0 Å². The van der Waals surface area contributed by atoms with Crippen molar-refractivity contribution in [1.82, 2.24) is 4.90 Å². The Balaban J connectivity index is 2.28. The molecule has 0 unspecified atom stereocenters. The normalized spacial score (nSPS) is 10.9. The zero-order chi connectivity index (χ0) is 12.7. The molecule has 2 nitrogen and oxygen atoms in total. The Morgan fingerprint density at radius 3 is 2.35 bits per heavy atom. The molecule has 96 valence electrons. The molecular formula is C15H25NO. The van der Waals surface area contributed by atoms with Crippen molar-refractivity contribution in [1.29, 1.82) is 0 Å². The molecule has 0 saturated heterocycles. The van der Waals surface area contributed by atoms with Gasteiger partial charge in [0.2, 0.25) is 0 Å². The lowest BCUT2D eigenvalue weighted by Crippen LogP contribution is -2.25. The van der Waals surface area contributed by atoms with Crippen LogP contribution in [-0.2, 0) is 0 Å². The van der Waals surface area contributed by atoms with Crippen LogP contribution in [0.4, 0.5) is 0 Å². The molecule has 0 amide bonds. The molecule has 0 aliphatic carbocycles. The molecule has 0 saturated carbocycles. The first kappa shape index (κ1) is 14.0. The Morgan fingerprint density at radius 1 is 1.06 bits per heavy atom. The lowest BCUT2D eigenvalue weighted by atomic mass is 10.1. The summed E-state index contributed by atoms with van der Waals surface area (Å²) >= 11 is 0. The average Bonchev–Trinajstić information content (AvgIpc) is 2.34. The second kappa shape index (κ2) is 7.33. The topological polar surface area (TPSA) is 12.5 Å². The minimum Gasteiger partial charge on any atom is -0.494 e. The van der Waals surface area contributed by atoms with Gasteiger partial charge < -0.3 is 9.64 Å². The maximum Gasteiger partial charge on any atom is 0.119 e. The third-order valence-corrected chi connectivity index (χ3v) is 3.26. The Bertz CT molecular complexity index is 332. The van der Waals surface area contributed by atoms with Gasteiger partial charge in [-0.3, -0.25) is 0 Å². The van der Waals surface area contributed by atoms with Gasteiger partial charge in [0.25, 0.3) is 0 Å². The van der Waals surface area contributed by atoms with E-state index in [2.05, 4.69) is 50.8 Å². The molecule has 0 aliphatic heterocycles. The molecule has 1 aromatic carbocycles. The van der Waals surface area contributed by atoms with Crippen molar-refractivity contribution in [3.8, 4) is 5.75 Å². The number of rotatable bonds is 7. The molecule has 0 radical (unpaired) electrons. The largest absolute Gasteiger partial charge is 0.494 e. The van der Waals surface area contributed by atoms with E-state index < -0.39 is 0 Å². The van der Waals surface area contributed by atoms with E-state index in [0.29, 0.717) is 0 Å². The summed E-state index contributed by atoms with van der Waals surface area (Å²) in [6.45, 7) is 12.8. The first-order chi connectivity index (χ1) is 8.17. The molecule has 2 heteroatoms. The second-order valence-corrected chi connectivity index (χ2v) is 4.47. The van der Waals surface area contributed by atoms with Crippen molar-refractivity contribution < 1.29 is 4.74 Å². The van der Waals surface area contributed by atoms with Crippen molar-refractivity contribution in [2.24, 2.45) is 0 Å². The predicted molar refractivity (Wildman–Crippen MR) is 73.8 cm³/mol. The van der Waals surface area contributed by atoms with Crippen LogP contribution >= 0.6 is 0 Å². The van der Waals surface area contributed by atoms with Gasteiger partial charge >= 0.3 is 0 Å². The van der Waals surface area contributed by atoms with E-state index >= 15 is 0 Å². The Morgan fingerprint density at radius 2 is 1.76 bits per heavy atom. The average molecular weight is 235 g/mol. The SMILES string of the molecule is CCN(CC)CCCOc1ccc(C)c(C)c1. The van der Waals surface area contributed by atoms with Crippen LogP contribution in [0, 0.1) is 13.8 Å². The molecule has 0 spiro atoms. The Labute approximate surface area is 106 Å². The molecule has 0 heterocycles. The Kier molecular flexibility index (Phi) is 6.06. The minimum atomic E-state index is 0.805. The van der Waals surface area contributed by atoms with Crippen LogP contribution in [0.2, 0.25) is 0 Å². The molecule has 17 heavy (non-hydrogen) atoms. The maximum absolute atomic E-state index is 5.75. The zero-order valence-corrected chi connectivity index (χ0v) is 11.6. The van der Waals surface area contributed by atoms with Crippen LogP contribution in [0.25, 0.3) is 0 Å². The van der Waals surface area contributed by atoms with Crippen molar-refractivity contribution in [3.05, 3.63) is 29.3 Å². The van der Waals surface area contributed by atoms with Gasteiger partial charge in [-0.25, -0.2) is 0 Å². The van der Waals surface area contributed by atoms with Crippen LogP contribution in [0.5, 0.6) is 5.75 Å². The molecular weight excluding hydrogens is 210 g/mol. The first-order valence-electron chi connectivity index (χ1n) is 6.59. The lowest BCUT2D eigenvalue weighted by Gasteiger charge is -2.17. The van der Waals surface area contributed by atoms with E-state index in [1.54, 1.807) is 0 Å². The van der Waals surface area contributed by atoms with Crippen LogP contribution in [0.1, 0.15) is 31.4 Å². The number of aryl methyl sites for hydroxylation is 2. The summed E-state index contributed by atoms with van der Waals surface area (Å²) in [4.78, 5) is 2.42. The molecule has 1 aromatic rings. The highest BCUT2D eigenvalue weighted by molar-refractivity contribution is 5.33. The monoisotopic (exact) mass is 235 g/mol. The fourth-order valence-electron chi connectivity index (χ4n) is 1.82. The second-order valence-electron chi connectivity index (χ2n) is 4.47. The van der Waals surface area contributed by atoms with E-state index in [1.807, 2.05) is 0 Å². The van der Waals surface area contributed by atoms with Gasteiger partial charge in [-0.2, -0.15) is 0 Å². The summed E-state index contributed by atoms with van der Waals surface area (Å²) in [6.07, 6.45) is 1.09. The van der Waals surface area contributed by atoms with Crippen molar-refractivity contribution in [3.63, 3.8) is 0 Å². The number of hydrogen-bond donors (Lipinski definition) is 0. The quantitative estimate of drug-likeness (QED) is 0.671. The third kappa shape index (κ3) is 4.78. The summed E-state index contributed by atoms with van der Waals surface area (Å²) in [5.41, 5.74) is 2.62. The molecule has 0 fully saturated rings. The highest BCUT2D eigenvalue weighted by Gasteiger charge is 2.00. The van der Waals surface area contributed by atoms with Crippen molar-refractivity contribution in [2.75, 3.05) is 26.2 Å². The fourth-order valence-corrected chi connectivity index (χ4v) is 1.82. The predicted octanol–water partition coefficient (Wildman–Crippen LogP) is 3.41. The van der Waals surface area contributed by atoms with Crippen LogP contribution in [-0.4, -0.2) is 31.1 Å². The maximum atomic E-state index is 5.75. The highest BCUT2D eigenvalue weighted by atomic mass is 16.5. The summed E-state index contributed by atoms with van der Waals surface area (Å²) in [5.74, 6) is 0.993. The molecule has 0 bridgehead atoms. The fraction of sp³-hybridized carbons (Fsp3) is 0.600. The van der Waals surface area contributed by atoms with Gasteiger partial charge in [0.05, 0.1) is 6.61 Å². The number of nitrogens with zero attached hydrogens (tertiary/aromatic N) is 1. The molecule has 0 atom stereocenters. The van der Waals surface area contributed by atoms with Gasteiger partial charge in [-0.1, -0.05) is 19.9 Å². The first-order valence-corrected chi connectivity index (χ1v) is 6.59. The van der Waals surface area contributed by atoms with E-state index in [0.717, 1.165) is 38.4 Å². The summed E-state index contributed by atoms with van der Waals surface area (Å²) in [5, 5.41) is 0. The third-order valence-electron chi connectivity index (χ3n) is 3.26. The van der Waals surface area contributed by atoms with E-state index in [1.165, 1.54) is 11.1 Å². The molecule has 1 rings (SSSR count). The van der Waals surface area contributed by atoms with Gasteiger partial charge in [-0.05, 0) is 56.6 Å². The highest BCUT2D eigenvalue weighted by Crippen LogP contribution is 2.16. The number of hydrogen-bond acceptors (Lipinski definition) is 2. The molecule has 0 aliphatic rings. The van der Waals surface area contributed by atoms with Crippen LogP contribution in [0.3, 0.4) is 0 Å². The smallest absolute Gasteiger partial charge is 0.119 e. The Hall–Kier alpha value is -1.02. The molecule has 0 aromatic heterocycles. The van der Waals surface area contributed by atoms with E-state index in [9.17, 15) is 0 Å². The van der Waals surface area contributed by atoms with Gasteiger partial charge in [0.15, 0.2) is 0 Å². The standard InChI is InChI=1S/C15H25NO/c1-5-16(6-2)10-7-11-17-15-9-8-13(3)14(4)12-15/h8-9,12H,5-7,10-11H2,1-4H3. The van der Waals surface area contributed by atoms with E-state index in [4.69, 9.17) is 4.74 Å². The summed E-state index contributed by atoms with van der Waals surface area (Å²) in [6, 6.07) is 6.29. The minimum absolute atomic E-state index is 0.805. The van der Waals surface area contributed by atoms with Gasteiger partial charge in [-0.15, -0.1) is 0 Å². The van der Waals surface area contributed by atoms with Crippen LogP contribution in [0.15, 0.2) is 18.2 Å². The van der Waals surface area contributed by atoms with Gasteiger partial charge in [0.1, 0.15) is 5.75 Å². The van der Waals surface area contributed by atoms with Crippen LogP contribution < -0.4 is 4.74 Å². The number of benzene rings is 1. The lowest BCUT2D eigenvalue weighted by molar-refractivity contribution is 0.249. The van der Waals surface area contributed by atoms with Crippen molar-refractivity contribution in [2.45, 2.75) is 34.1 Å². The molecule has 0 N–H and O–H groups in total. The van der Waals surface area contributed by atoms with Crippen molar-refractivity contribution >= 4 is 0 Å². The summed E-state index contributed by atoms with van der Waals surface area (Å²) < 4.78 is 5.75.